The summed E-state index contributed by atoms with van der Waals surface area (Å²) in [4.78, 5) is 45.4. The van der Waals surface area contributed by atoms with Gasteiger partial charge in [-0.1, -0.05) is 12.8 Å². The summed E-state index contributed by atoms with van der Waals surface area (Å²) < 4.78 is 48.9. The van der Waals surface area contributed by atoms with E-state index >= 15 is 0 Å². The summed E-state index contributed by atoms with van der Waals surface area (Å²) in [6, 6.07) is -0.971. The van der Waals surface area contributed by atoms with Crippen LogP contribution in [0.3, 0.4) is 0 Å². The zero-order valence-corrected chi connectivity index (χ0v) is 31.1. The highest BCUT2D eigenvalue weighted by molar-refractivity contribution is 5.74. The third kappa shape index (κ3) is 26.8. The van der Waals surface area contributed by atoms with Crippen LogP contribution in [0.15, 0.2) is 0 Å². The van der Waals surface area contributed by atoms with Crippen molar-refractivity contribution >= 4 is 24.2 Å². The number of carboxylic acids is 1. The van der Waals surface area contributed by atoms with Gasteiger partial charge in [0.05, 0.1) is 136 Å². The van der Waals surface area contributed by atoms with Crippen LogP contribution in [0.25, 0.3) is 0 Å². The highest BCUT2D eigenvalue weighted by Crippen LogP contribution is 2.28. The van der Waals surface area contributed by atoms with E-state index in [-0.39, 0.29) is 25.0 Å². The molecule has 0 bridgehead atoms. The minimum atomic E-state index is -1.19. The van der Waals surface area contributed by atoms with E-state index in [1.165, 1.54) is 6.92 Å². The number of rotatable bonds is 36. The molecule has 0 aromatic carbocycles. The first kappa shape index (κ1) is 48.5. The van der Waals surface area contributed by atoms with Gasteiger partial charge in [-0.3, -0.25) is 9.59 Å². The van der Waals surface area contributed by atoms with Crippen LogP contribution in [0.1, 0.15) is 39.0 Å². The normalized spacial score (nSPS) is 19.9. The molecule has 0 spiro atoms. The van der Waals surface area contributed by atoms with Crippen molar-refractivity contribution < 1.29 is 77.1 Å². The van der Waals surface area contributed by atoms with Gasteiger partial charge in [0.15, 0.2) is 0 Å². The number of carboxylic acid groups (broad SMARTS) is 1. The van der Waals surface area contributed by atoms with Gasteiger partial charge in [0.1, 0.15) is 12.4 Å². The molecule has 1 saturated heterocycles. The maximum absolute atomic E-state index is 11.9. The molecule has 0 radical (unpaired) electrons. The number of hydrogen-bond donors (Lipinski definition) is 6. The number of aliphatic hydroxyl groups is 2. The third-order valence-electron chi connectivity index (χ3n) is 7.68. The molecular formula is C34H63N3O16. The molecule has 53 heavy (non-hydrogen) atoms. The number of hydrogen-bond acceptors (Lipinski definition) is 15. The van der Waals surface area contributed by atoms with E-state index in [0.717, 1.165) is 19.3 Å². The molecule has 0 aromatic heterocycles. The quantitative estimate of drug-likeness (QED) is 0.0327. The first-order valence-corrected chi connectivity index (χ1v) is 18.3. The first-order chi connectivity index (χ1) is 25.8. The van der Waals surface area contributed by atoms with Crippen LogP contribution in [0.4, 0.5) is 4.79 Å². The average Bonchev–Trinajstić information content (AvgIpc) is 3.13. The van der Waals surface area contributed by atoms with Gasteiger partial charge in [-0.05, 0) is 12.8 Å². The largest absolute Gasteiger partial charge is 0.481 e. The summed E-state index contributed by atoms with van der Waals surface area (Å²) in [5, 5.41) is 36.4. The number of urea groups is 1. The van der Waals surface area contributed by atoms with Gasteiger partial charge >= 0.3 is 12.0 Å². The van der Waals surface area contributed by atoms with Crippen LogP contribution in [0, 0.1) is 5.92 Å². The van der Waals surface area contributed by atoms with Crippen LogP contribution in [0.2, 0.25) is 0 Å². The van der Waals surface area contributed by atoms with Gasteiger partial charge in [0.2, 0.25) is 5.91 Å². The van der Waals surface area contributed by atoms with E-state index in [4.69, 9.17) is 47.7 Å². The van der Waals surface area contributed by atoms with Crippen LogP contribution in [0.5, 0.6) is 0 Å². The molecule has 1 heterocycles. The maximum atomic E-state index is 11.9. The topological polar surface area (TPSA) is 248 Å². The van der Waals surface area contributed by atoms with Crippen molar-refractivity contribution in [3.8, 4) is 0 Å². The molecular weight excluding hydrogens is 706 g/mol. The van der Waals surface area contributed by atoms with Gasteiger partial charge in [-0.15, -0.1) is 0 Å². The lowest BCUT2D eigenvalue weighted by Crippen LogP contribution is -2.61. The van der Waals surface area contributed by atoms with Crippen LogP contribution in [-0.4, -0.2) is 189 Å². The van der Waals surface area contributed by atoms with Gasteiger partial charge < -0.3 is 78.7 Å². The molecule has 0 unspecified atom stereocenters. The second-order valence-electron chi connectivity index (χ2n) is 11.9. The van der Waals surface area contributed by atoms with Crippen molar-refractivity contribution in [3.05, 3.63) is 0 Å². The third-order valence-corrected chi connectivity index (χ3v) is 7.68. The summed E-state index contributed by atoms with van der Waals surface area (Å²) in [7, 11) is 0. The Bertz CT molecular complexity index is 936. The second-order valence-corrected chi connectivity index (χ2v) is 11.9. The summed E-state index contributed by atoms with van der Waals surface area (Å²) in [5.41, 5.74) is 0. The molecule has 0 saturated carbocycles. The fraction of sp³-hybridized carbons (Fsp3) is 0.882. The average molecular weight is 770 g/mol. The molecule has 0 aromatic rings. The standard InChI is InChI=1S/C34H63N3O16/c1-27(40)37-32-28(25-38)33(43)30(26-39)53-29(32)5-3-2-4-9-45-13-15-47-11-7-35-34(44)36-8-12-48-16-18-50-20-22-52-24-23-51-21-19-49-17-14-46-10-6-31(41)42/h25,28-30,32-33,39,43H,2-24,26H2,1H3,(H,37,40)(H,41,42)(H2,35,36,44)/t28-,29-,30-,32-,33-/m1/s1. The van der Waals surface area contributed by atoms with Crippen LogP contribution in [-0.2, 0) is 57.0 Å². The molecule has 1 rings (SSSR count). The van der Waals surface area contributed by atoms with Gasteiger partial charge in [0.25, 0.3) is 0 Å². The number of aliphatic hydroxyl groups excluding tert-OH is 2. The van der Waals surface area contributed by atoms with Crippen LogP contribution < -0.4 is 16.0 Å². The maximum Gasteiger partial charge on any atom is 0.314 e. The number of carbonyl (C=O) groups excluding carboxylic acids is 3. The number of nitrogens with one attached hydrogen (secondary N) is 3. The highest BCUT2D eigenvalue weighted by Gasteiger charge is 2.44. The predicted octanol–water partition coefficient (Wildman–Crippen LogP) is -1.11. The number of amides is 3. The lowest BCUT2D eigenvalue weighted by atomic mass is 9.83. The summed E-state index contributed by atoms with van der Waals surface area (Å²) in [6.07, 6.45) is 0.967. The number of carbonyl (C=O) groups is 4. The molecule has 310 valence electrons. The first-order valence-electron chi connectivity index (χ1n) is 18.3. The number of aldehydes is 1. The summed E-state index contributed by atoms with van der Waals surface area (Å²) in [5.74, 6) is -2.06. The highest BCUT2D eigenvalue weighted by atomic mass is 16.6. The van der Waals surface area contributed by atoms with Crippen molar-refractivity contribution in [1.82, 2.24) is 16.0 Å². The SMILES string of the molecule is CC(=O)N[C@@H]1[C@@H](C=O)[C@@H](O)[C@@H](CO)O[C@@H]1CCCCCOCCOCCNC(=O)NCCOCCOCCOCCOCCOCCOCCC(=O)O. The Balaban J connectivity index is 1.83. The van der Waals surface area contributed by atoms with Crippen molar-refractivity contribution in [2.75, 3.05) is 125 Å². The van der Waals surface area contributed by atoms with E-state index in [0.29, 0.717) is 125 Å². The molecule has 0 aliphatic carbocycles. The molecule has 6 N–H and O–H groups in total. The molecule has 3 amide bonds. The molecule has 19 heteroatoms. The number of ether oxygens (including phenoxy) is 9. The van der Waals surface area contributed by atoms with E-state index in [2.05, 4.69) is 16.0 Å². The lowest BCUT2D eigenvalue weighted by Gasteiger charge is -2.43. The summed E-state index contributed by atoms with van der Waals surface area (Å²) in [6.45, 7) is 7.93. The van der Waals surface area contributed by atoms with Gasteiger partial charge in [0, 0.05) is 26.6 Å². The molecule has 1 aliphatic heterocycles. The van der Waals surface area contributed by atoms with Crippen molar-refractivity contribution in [1.29, 1.82) is 0 Å². The Morgan fingerprint density at radius 2 is 1.09 bits per heavy atom. The smallest absolute Gasteiger partial charge is 0.314 e. The fourth-order valence-electron chi connectivity index (χ4n) is 5.03. The monoisotopic (exact) mass is 769 g/mol. The van der Waals surface area contributed by atoms with E-state index < -0.39 is 42.8 Å². The lowest BCUT2D eigenvalue weighted by molar-refractivity contribution is -0.176. The molecule has 5 atom stereocenters. The Kier molecular flexibility index (Phi) is 31.1. The Morgan fingerprint density at radius 1 is 0.642 bits per heavy atom. The Labute approximate surface area is 311 Å². The van der Waals surface area contributed by atoms with Crippen molar-refractivity contribution in [2.45, 2.75) is 63.4 Å². The van der Waals surface area contributed by atoms with E-state index in [9.17, 15) is 29.4 Å². The van der Waals surface area contributed by atoms with Gasteiger partial charge in [-0.25, -0.2) is 4.79 Å². The van der Waals surface area contributed by atoms with Crippen molar-refractivity contribution in [3.63, 3.8) is 0 Å². The molecule has 1 aliphatic rings. The predicted molar refractivity (Wildman–Crippen MR) is 188 cm³/mol. The minimum absolute atomic E-state index is 0.0200. The van der Waals surface area contributed by atoms with Gasteiger partial charge in [-0.2, -0.15) is 0 Å². The number of unbranched alkanes of at least 4 members (excludes halogenated alkanes) is 2. The fourth-order valence-corrected chi connectivity index (χ4v) is 5.03. The zero-order chi connectivity index (χ0) is 38.8. The zero-order valence-electron chi connectivity index (χ0n) is 31.1. The second kappa shape index (κ2) is 34.0. The summed E-state index contributed by atoms with van der Waals surface area (Å²) >= 11 is 0. The minimum Gasteiger partial charge on any atom is -0.481 e. The molecule has 1 fully saturated rings. The van der Waals surface area contributed by atoms with E-state index in [1.807, 2.05) is 0 Å². The van der Waals surface area contributed by atoms with Crippen LogP contribution >= 0.6 is 0 Å². The molecule has 19 nitrogen and oxygen atoms in total. The van der Waals surface area contributed by atoms with Crippen molar-refractivity contribution in [2.24, 2.45) is 5.92 Å². The number of aliphatic carboxylic acids is 1. The van der Waals surface area contributed by atoms with E-state index in [1.54, 1.807) is 0 Å². The Morgan fingerprint density at radius 3 is 1.53 bits per heavy atom. The Hall–Kier alpha value is -2.56.